The summed E-state index contributed by atoms with van der Waals surface area (Å²) in [6, 6.07) is 6.36. The number of aryl methyl sites for hydroxylation is 1. The Balaban J connectivity index is 1.73. The number of fused-ring (bicyclic) bond motifs is 2. The van der Waals surface area contributed by atoms with Crippen molar-refractivity contribution in [1.82, 2.24) is 19.5 Å². The summed E-state index contributed by atoms with van der Waals surface area (Å²) in [7, 11) is 0. The van der Waals surface area contributed by atoms with Crippen molar-refractivity contribution in [2.24, 2.45) is 0 Å². The van der Waals surface area contributed by atoms with Gasteiger partial charge in [-0.15, -0.1) is 0 Å². The fourth-order valence-electron chi connectivity index (χ4n) is 3.78. The molecular weight excluding hydrogens is 330 g/mol. The molecule has 1 saturated heterocycles. The quantitative estimate of drug-likeness (QED) is 0.595. The van der Waals surface area contributed by atoms with Crippen molar-refractivity contribution in [3.8, 4) is 11.1 Å². The van der Waals surface area contributed by atoms with Crippen LogP contribution >= 0.6 is 0 Å². The number of oxazole rings is 1. The van der Waals surface area contributed by atoms with Crippen molar-refractivity contribution in [1.29, 1.82) is 0 Å². The lowest BCUT2D eigenvalue weighted by atomic mass is 10.1. The number of benzene rings is 1. The van der Waals surface area contributed by atoms with E-state index in [2.05, 4.69) is 25.7 Å². The van der Waals surface area contributed by atoms with E-state index in [1.807, 2.05) is 25.1 Å². The molecule has 4 aromatic rings. The van der Waals surface area contributed by atoms with Gasteiger partial charge in [0.25, 0.3) is 0 Å². The molecule has 0 saturated carbocycles. The zero-order chi connectivity index (χ0) is 17.7. The molecular formula is C19H19N5O2. The fourth-order valence-corrected chi connectivity index (χ4v) is 3.78. The number of hydrogen-bond donors (Lipinski definition) is 1. The van der Waals surface area contributed by atoms with Gasteiger partial charge in [-0.2, -0.15) is 0 Å². The van der Waals surface area contributed by atoms with Crippen molar-refractivity contribution < 1.29 is 9.15 Å². The number of aromatic nitrogens is 4. The van der Waals surface area contributed by atoms with E-state index in [0.717, 1.165) is 59.3 Å². The second-order valence-corrected chi connectivity index (χ2v) is 6.67. The maximum Gasteiger partial charge on any atom is 0.192 e. The molecule has 0 amide bonds. The van der Waals surface area contributed by atoms with Gasteiger partial charge in [-0.05, 0) is 30.5 Å². The highest BCUT2D eigenvalue weighted by atomic mass is 16.5. The molecule has 1 fully saturated rings. The summed E-state index contributed by atoms with van der Waals surface area (Å²) in [6.07, 6.45) is 5.60. The van der Waals surface area contributed by atoms with Gasteiger partial charge in [-0.25, -0.2) is 15.0 Å². The fraction of sp³-hybridized carbons (Fsp3) is 0.316. The summed E-state index contributed by atoms with van der Waals surface area (Å²) in [5.74, 6) is 1.15. The molecule has 132 valence electrons. The zero-order valence-corrected chi connectivity index (χ0v) is 14.5. The molecule has 5 rings (SSSR count). The average Bonchev–Trinajstić information content (AvgIpc) is 3.22. The molecule has 4 heterocycles. The van der Waals surface area contributed by atoms with Crippen molar-refractivity contribution in [3.63, 3.8) is 0 Å². The number of rotatable bonds is 2. The van der Waals surface area contributed by atoms with Gasteiger partial charge < -0.3 is 19.5 Å². The third-order valence-electron chi connectivity index (χ3n) is 5.03. The van der Waals surface area contributed by atoms with Gasteiger partial charge in [-0.1, -0.05) is 6.07 Å². The zero-order valence-electron chi connectivity index (χ0n) is 14.5. The van der Waals surface area contributed by atoms with Crippen LogP contribution < -0.4 is 5.73 Å². The van der Waals surface area contributed by atoms with E-state index < -0.39 is 0 Å². The molecule has 2 N–H and O–H groups in total. The predicted octanol–water partition coefficient (Wildman–Crippen LogP) is 3.48. The Morgan fingerprint density at radius 1 is 1.19 bits per heavy atom. The molecule has 0 radical (unpaired) electrons. The van der Waals surface area contributed by atoms with Gasteiger partial charge in [-0.3, -0.25) is 0 Å². The molecule has 1 aromatic carbocycles. The normalized spacial score (nSPS) is 15.9. The van der Waals surface area contributed by atoms with Crippen molar-refractivity contribution in [3.05, 3.63) is 36.6 Å². The smallest absolute Gasteiger partial charge is 0.192 e. The Kier molecular flexibility index (Phi) is 3.43. The highest BCUT2D eigenvalue weighted by molar-refractivity contribution is 6.01. The van der Waals surface area contributed by atoms with Crippen LogP contribution in [-0.2, 0) is 4.74 Å². The Morgan fingerprint density at radius 2 is 2.04 bits per heavy atom. The SMILES string of the molecule is Cc1nc2cc(-c3cn(C4CCOCC4)c4ncnc(N)c34)ccc2o1. The first-order valence-electron chi connectivity index (χ1n) is 8.77. The van der Waals surface area contributed by atoms with Crippen molar-refractivity contribution >= 4 is 28.0 Å². The highest BCUT2D eigenvalue weighted by Gasteiger charge is 2.22. The van der Waals surface area contributed by atoms with Crippen LogP contribution in [0.25, 0.3) is 33.3 Å². The molecule has 3 aromatic heterocycles. The van der Waals surface area contributed by atoms with Crippen molar-refractivity contribution in [2.75, 3.05) is 18.9 Å². The molecule has 0 spiro atoms. The number of hydrogen-bond acceptors (Lipinski definition) is 6. The van der Waals surface area contributed by atoms with Gasteiger partial charge in [0.15, 0.2) is 11.5 Å². The molecule has 1 aliphatic heterocycles. The largest absolute Gasteiger partial charge is 0.441 e. The van der Waals surface area contributed by atoms with Crippen LogP contribution in [0.5, 0.6) is 0 Å². The molecule has 7 heteroatoms. The lowest BCUT2D eigenvalue weighted by Crippen LogP contribution is -2.19. The first-order chi connectivity index (χ1) is 12.7. The highest BCUT2D eigenvalue weighted by Crippen LogP contribution is 2.37. The average molecular weight is 349 g/mol. The number of nitrogens with zero attached hydrogens (tertiary/aromatic N) is 4. The summed E-state index contributed by atoms with van der Waals surface area (Å²) in [5.41, 5.74) is 10.8. The van der Waals surface area contributed by atoms with Crippen LogP contribution in [0.4, 0.5) is 5.82 Å². The molecule has 7 nitrogen and oxygen atoms in total. The van der Waals surface area contributed by atoms with Gasteiger partial charge in [0, 0.05) is 37.9 Å². The Labute approximate surface area is 149 Å². The van der Waals surface area contributed by atoms with Crippen LogP contribution in [0.15, 0.2) is 35.1 Å². The topological polar surface area (TPSA) is 92.0 Å². The number of ether oxygens (including phenoxy) is 1. The molecule has 1 aliphatic rings. The minimum absolute atomic E-state index is 0.354. The number of anilines is 1. The summed E-state index contributed by atoms with van der Waals surface area (Å²) >= 11 is 0. The third kappa shape index (κ3) is 2.35. The Hall–Kier alpha value is -2.93. The Morgan fingerprint density at radius 3 is 2.88 bits per heavy atom. The lowest BCUT2D eigenvalue weighted by molar-refractivity contribution is 0.0706. The van der Waals surface area contributed by atoms with Crippen molar-refractivity contribution in [2.45, 2.75) is 25.8 Å². The maximum absolute atomic E-state index is 6.23. The monoisotopic (exact) mass is 349 g/mol. The molecule has 0 aliphatic carbocycles. The van der Waals surface area contributed by atoms with E-state index in [-0.39, 0.29) is 0 Å². The van der Waals surface area contributed by atoms with Gasteiger partial charge in [0.1, 0.15) is 23.3 Å². The summed E-state index contributed by atoms with van der Waals surface area (Å²) in [6.45, 7) is 3.39. The lowest BCUT2D eigenvalue weighted by Gasteiger charge is -2.24. The number of nitrogen functional groups attached to an aromatic ring is 1. The molecule has 0 unspecified atom stereocenters. The maximum atomic E-state index is 6.23. The van der Waals surface area contributed by atoms with E-state index >= 15 is 0 Å². The Bertz CT molecular complexity index is 1110. The first kappa shape index (κ1) is 15.3. The van der Waals surface area contributed by atoms with Crippen LogP contribution in [0.3, 0.4) is 0 Å². The predicted molar refractivity (Wildman–Crippen MR) is 98.8 cm³/mol. The molecule has 26 heavy (non-hydrogen) atoms. The molecule has 0 bridgehead atoms. The second kappa shape index (κ2) is 5.81. The van der Waals surface area contributed by atoms with E-state index in [1.165, 1.54) is 6.33 Å². The van der Waals surface area contributed by atoms with Gasteiger partial charge in [0.05, 0.1) is 5.39 Å². The van der Waals surface area contributed by atoms with E-state index in [9.17, 15) is 0 Å². The summed E-state index contributed by atoms with van der Waals surface area (Å²) < 4.78 is 13.3. The first-order valence-corrected chi connectivity index (χ1v) is 8.77. The van der Waals surface area contributed by atoms with E-state index in [0.29, 0.717) is 17.8 Å². The standard InChI is InChI=1S/C19H19N5O2/c1-11-23-15-8-12(2-3-16(15)26-11)14-9-24(13-4-6-25-7-5-13)19-17(14)18(20)21-10-22-19/h2-3,8-10,13H,4-7H2,1H3,(H2,20,21,22). The minimum atomic E-state index is 0.354. The third-order valence-corrected chi connectivity index (χ3v) is 5.03. The molecule has 0 atom stereocenters. The van der Waals surface area contributed by atoms with Crippen LogP contribution in [-0.4, -0.2) is 32.7 Å². The van der Waals surface area contributed by atoms with Crippen LogP contribution in [0.2, 0.25) is 0 Å². The summed E-state index contributed by atoms with van der Waals surface area (Å²) in [4.78, 5) is 13.2. The van der Waals surface area contributed by atoms with Gasteiger partial charge >= 0.3 is 0 Å². The van der Waals surface area contributed by atoms with E-state index in [1.54, 1.807) is 0 Å². The van der Waals surface area contributed by atoms with E-state index in [4.69, 9.17) is 14.9 Å². The van der Waals surface area contributed by atoms with Crippen LogP contribution in [0.1, 0.15) is 24.8 Å². The summed E-state index contributed by atoms with van der Waals surface area (Å²) in [5, 5.41) is 0.888. The second-order valence-electron chi connectivity index (χ2n) is 6.67. The van der Waals surface area contributed by atoms with Gasteiger partial charge in [0.2, 0.25) is 0 Å². The minimum Gasteiger partial charge on any atom is -0.441 e. The van der Waals surface area contributed by atoms with Crippen LogP contribution in [0, 0.1) is 6.92 Å². The number of nitrogens with two attached hydrogens (primary N) is 1.